The number of benzene rings is 4. The fourth-order valence-corrected chi connectivity index (χ4v) is 5.25. The quantitative estimate of drug-likeness (QED) is 0.224. The molecule has 1 aliphatic heterocycles. The van der Waals surface area contributed by atoms with E-state index in [1.54, 1.807) is 91.0 Å². The van der Waals surface area contributed by atoms with Crippen LogP contribution in [0.3, 0.4) is 0 Å². The lowest BCUT2D eigenvalue weighted by molar-refractivity contribution is -0.139. The molecular formula is C34H30ClN3O7. The van der Waals surface area contributed by atoms with Crippen LogP contribution in [0.15, 0.2) is 91.0 Å². The molecule has 1 heterocycles. The highest BCUT2D eigenvalue weighted by Gasteiger charge is 2.39. The van der Waals surface area contributed by atoms with Gasteiger partial charge in [-0.2, -0.15) is 0 Å². The molecule has 0 spiro atoms. The van der Waals surface area contributed by atoms with Crippen molar-refractivity contribution in [2.45, 2.75) is 12.6 Å². The molecule has 0 saturated heterocycles. The Morgan fingerprint density at radius 3 is 2.20 bits per heavy atom. The lowest BCUT2D eigenvalue weighted by Crippen LogP contribution is -2.46. The summed E-state index contributed by atoms with van der Waals surface area (Å²) in [6.07, 6.45) is 0. The zero-order valence-corrected chi connectivity index (χ0v) is 25.5. The number of Topliss-reactive ketones (excluding diaryl/α,β-unsaturated/α-hetero) is 1. The first-order valence-corrected chi connectivity index (χ1v) is 14.3. The maximum absolute atomic E-state index is 14.3. The molecule has 0 radical (unpaired) electrons. The van der Waals surface area contributed by atoms with Crippen molar-refractivity contribution in [1.29, 1.82) is 0 Å². The van der Waals surface area contributed by atoms with E-state index in [9.17, 15) is 19.2 Å². The van der Waals surface area contributed by atoms with Crippen molar-refractivity contribution < 1.29 is 33.4 Å². The molecule has 0 bridgehead atoms. The number of rotatable bonds is 11. The molecule has 45 heavy (non-hydrogen) atoms. The number of fused-ring (bicyclic) bond motifs is 1. The number of amides is 3. The minimum absolute atomic E-state index is 0.0251. The van der Waals surface area contributed by atoms with Crippen molar-refractivity contribution in [3.8, 4) is 17.2 Å². The predicted octanol–water partition coefficient (Wildman–Crippen LogP) is 5.30. The molecule has 5 rings (SSSR count). The SMILES string of the molecule is COc1ccc(NC(=O)C(c2ccc(OC)c(OC)c2)N(Cc2ccc(Cl)cc2)C(=O)CN2C(=O)C(=O)c3ccccc32)cc1. The molecule has 3 amide bonds. The van der Waals surface area contributed by atoms with Gasteiger partial charge in [0, 0.05) is 17.3 Å². The zero-order valence-electron chi connectivity index (χ0n) is 24.8. The lowest BCUT2D eigenvalue weighted by atomic mass is 10.0. The smallest absolute Gasteiger partial charge is 0.299 e. The zero-order chi connectivity index (χ0) is 32.1. The van der Waals surface area contributed by atoms with Crippen LogP contribution in [0.25, 0.3) is 0 Å². The van der Waals surface area contributed by atoms with Gasteiger partial charge in [-0.15, -0.1) is 0 Å². The van der Waals surface area contributed by atoms with Crippen LogP contribution in [-0.4, -0.2) is 56.3 Å². The van der Waals surface area contributed by atoms with Gasteiger partial charge in [-0.25, -0.2) is 0 Å². The lowest BCUT2D eigenvalue weighted by Gasteiger charge is -2.33. The topological polar surface area (TPSA) is 114 Å². The van der Waals surface area contributed by atoms with Gasteiger partial charge in [0.1, 0.15) is 18.3 Å². The first kappa shape index (κ1) is 31.1. The number of para-hydroxylation sites is 1. The van der Waals surface area contributed by atoms with Crippen LogP contribution < -0.4 is 24.4 Å². The van der Waals surface area contributed by atoms with Gasteiger partial charge in [0.15, 0.2) is 11.5 Å². The number of hydrogen-bond acceptors (Lipinski definition) is 7. The molecule has 0 aromatic heterocycles. The summed E-state index contributed by atoms with van der Waals surface area (Å²) in [5, 5.41) is 3.40. The fraction of sp³-hybridized carbons (Fsp3) is 0.176. The summed E-state index contributed by atoms with van der Waals surface area (Å²) in [7, 11) is 4.50. The predicted molar refractivity (Wildman–Crippen MR) is 169 cm³/mol. The number of halogens is 1. The van der Waals surface area contributed by atoms with Crippen molar-refractivity contribution >= 4 is 46.5 Å². The Kier molecular flexibility index (Phi) is 9.34. The second-order valence-corrected chi connectivity index (χ2v) is 10.6. The highest BCUT2D eigenvalue weighted by molar-refractivity contribution is 6.52. The molecule has 230 valence electrons. The maximum atomic E-state index is 14.3. The average Bonchev–Trinajstić information content (AvgIpc) is 3.30. The van der Waals surface area contributed by atoms with Gasteiger partial charge in [0.2, 0.25) is 5.91 Å². The third kappa shape index (κ3) is 6.61. The Bertz CT molecular complexity index is 1740. The Balaban J connectivity index is 1.58. The fourth-order valence-electron chi connectivity index (χ4n) is 5.12. The molecule has 1 unspecified atom stereocenters. The number of nitrogens with zero attached hydrogens (tertiary/aromatic N) is 2. The van der Waals surface area contributed by atoms with E-state index < -0.39 is 36.1 Å². The van der Waals surface area contributed by atoms with E-state index >= 15 is 0 Å². The van der Waals surface area contributed by atoms with E-state index in [0.29, 0.717) is 44.8 Å². The van der Waals surface area contributed by atoms with E-state index in [2.05, 4.69) is 5.32 Å². The van der Waals surface area contributed by atoms with Crippen LogP contribution >= 0.6 is 11.6 Å². The molecule has 0 saturated carbocycles. The highest BCUT2D eigenvalue weighted by Crippen LogP contribution is 2.35. The number of anilines is 2. The number of carbonyl (C=O) groups excluding carboxylic acids is 4. The molecule has 4 aromatic carbocycles. The summed E-state index contributed by atoms with van der Waals surface area (Å²) in [4.78, 5) is 56.7. The average molecular weight is 628 g/mol. The monoisotopic (exact) mass is 627 g/mol. The normalized spacial score (nSPS) is 12.8. The minimum atomic E-state index is -1.21. The first-order chi connectivity index (χ1) is 21.7. The van der Waals surface area contributed by atoms with E-state index in [0.717, 1.165) is 4.90 Å². The third-order valence-corrected chi connectivity index (χ3v) is 7.65. The summed E-state index contributed by atoms with van der Waals surface area (Å²) in [6.45, 7) is -0.503. The molecule has 4 aromatic rings. The molecule has 0 aliphatic carbocycles. The van der Waals surface area contributed by atoms with Crippen molar-refractivity contribution in [2.75, 3.05) is 38.1 Å². The van der Waals surface area contributed by atoms with Gasteiger partial charge in [0.25, 0.3) is 17.6 Å². The molecule has 1 N–H and O–H groups in total. The molecule has 1 atom stereocenters. The summed E-state index contributed by atoms with van der Waals surface area (Å²) in [5.74, 6) is -1.23. The molecule has 0 fully saturated rings. The van der Waals surface area contributed by atoms with Gasteiger partial charge in [0.05, 0.1) is 32.6 Å². The van der Waals surface area contributed by atoms with E-state index in [4.69, 9.17) is 25.8 Å². The van der Waals surface area contributed by atoms with Gasteiger partial charge < -0.3 is 24.4 Å². The number of ketones is 1. The number of methoxy groups -OCH3 is 3. The Hall–Kier alpha value is -5.35. The standard InChI is InChI=1S/C34H30ClN3O7/c1-43-25-15-13-24(14-16-25)36-33(41)31(22-10-17-28(44-2)29(18-22)45-3)38(19-21-8-11-23(35)12-9-21)30(39)20-37-27-7-5-4-6-26(27)32(40)34(37)42/h4-18,31H,19-20H2,1-3H3,(H,36,41). The highest BCUT2D eigenvalue weighted by atomic mass is 35.5. The first-order valence-electron chi connectivity index (χ1n) is 13.9. The van der Waals surface area contributed by atoms with Gasteiger partial charge in [-0.1, -0.05) is 41.9 Å². The molecule has 10 nitrogen and oxygen atoms in total. The van der Waals surface area contributed by atoms with Gasteiger partial charge >= 0.3 is 0 Å². The Labute approximate surface area is 265 Å². The molecular weight excluding hydrogens is 598 g/mol. The van der Waals surface area contributed by atoms with Crippen LogP contribution in [0.5, 0.6) is 17.2 Å². The number of ether oxygens (including phenoxy) is 3. The van der Waals surface area contributed by atoms with Crippen LogP contribution in [0.1, 0.15) is 27.5 Å². The third-order valence-electron chi connectivity index (χ3n) is 7.40. The summed E-state index contributed by atoms with van der Waals surface area (Å²) < 4.78 is 16.1. The summed E-state index contributed by atoms with van der Waals surface area (Å²) in [6, 6.07) is 23.8. The Morgan fingerprint density at radius 2 is 1.53 bits per heavy atom. The second-order valence-electron chi connectivity index (χ2n) is 10.1. The summed E-state index contributed by atoms with van der Waals surface area (Å²) in [5.41, 5.74) is 2.12. The van der Waals surface area contributed by atoms with Crippen LogP contribution in [-0.2, 0) is 20.9 Å². The number of hydrogen-bond donors (Lipinski definition) is 1. The van der Waals surface area contributed by atoms with Crippen LogP contribution in [0, 0.1) is 0 Å². The van der Waals surface area contributed by atoms with Gasteiger partial charge in [-0.05, 0) is 71.8 Å². The van der Waals surface area contributed by atoms with Crippen molar-refractivity contribution in [2.24, 2.45) is 0 Å². The molecule has 11 heteroatoms. The summed E-state index contributed by atoms with van der Waals surface area (Å²) >= 11 is 6.13. The van der Waals surface area contributed by atoms with Crippen LogP contribution in [0.2, 0.25) is 5.02 Å². The van der Waals surface area contributed by atoms with Crippen LogP contribution in [0.4, 0.5) is 11.4 Å². The van der Waals surface area contributed by atoms with Crippen molar-refractivity contribution in [3.05, 3.63) is 113 Å². The number of nitrogens with one attached hydrogen (secondary N) is 1. The number of carbonyl (C=O) groups is 4. The minimum Gasteiger partial charge on any atom is -0.497 e. The van der Waals surface area contributed by atoms with Gasteiger partial charge in [-0.3, -0.25) is 24.1 Å². The Morgan fingerprint density at radius 1 is 0.844 bits per heavy atom. The van der Waals surface area contributed by atoms with E-state index in [1.165, 1.54) is 26.2 Å². The van der Waals surface area contributed by atoms with E-state index in [-0.39, 0.29) is 12.1 Å². The largest absolute Gasteiger partial charge is 0.497 e. The maximum Gasteiger partial charge on any atom is 0.299 e. The van der Waals surface area contributed by atoms with Crippen molar-refractivity contribution in [1.82, 2.24) is 4.90 Å². The van der Waals surface area contributed by atoms with Crippen molar-refractivity contribution in [3.63, 3.8) is 0 Å². The van der Waals surface area contributed by atoms with E-state index in [1.807, 2.05) is 0 Å². The second kappa shape index (κ2) is 13.5. The molecule has 1 aliphatic rings.